The molecule has 3 aliphatic heterocycles. The molecule has 226 valence electrons. The number of nitriles is 1. The van der Waals surface area contributed by atoms with Crippen LogP contribution in [0.25, 0.3) is 0 Å². The fourth-order valence-electron chi connectivity index (χ4n) is 6.47. The van der Waals surface area contributed by atoms with Gasteiger partial charge in [0.2, 0.25) is 11.8 Å². The summed E-state index contributed by atoms with van der Waals surface area (Å²) in [6, 6.07) is 16.9. The van der Waals surface area contributed by atoms with Crippen LogP contribution in [0.4, 0.5) is 10.1 Å². The van der Waals surface area contributed by atoms with Crippen LogP contribution in [0.5, 0.6) is 5.75 Å². The van der Waals surface area contributed by atoms with Crippen molar-refractivity contribution in [2.24, 2.45) is 5.92 Å². The Balaban J connectivity index is 1.08. The highest BCUT2D eigenvalue weighted by Crippen LogP contribution is 2.36. The summed E-state index contributed by atoms with van der Waals surface area (Å²) >= 11 is 0. The second kappa shape index (κ2) is 12.1. The van der Waals surface area contributed by atoms with Crippen LogP contribution < -0.4 is 15.0 Å². The Hall–Kier alpha value is -4.75. The molecule has 3 heterocycles. The third kappa shape index (κ3) is 5.63. The molecule has 2 atom stereocenters. The van der Waals surface area contributed by atoms with Gasteiger partial charge in [0.15, 0.2) is 0 Å². The Bertz CT molecular complexity index is 1680. The summed E-state index contributed by atoms with van der Waals surface area (Å²) in [6.07, 6.45) is 1.25. The van der Waals surface area contributed by atoms with Gasteiger partial charge in [0, 0.05) is 30.6 Å². The number of benzene rings is 3. The topological polar surface area (TPSA) is 123 Å². The van der Waals surface area contributed by atoms with Crippen molar-refractivity contribution in [2.45, 2.75) is 57.9 Å². The molecule has 0 aliphatic carbocycles. The smallest absolute Gasteiger partial charge is 0.255 e. The first kappa shape index (κ1) is 29.3. The van der Waals surface area contributed by atoms with E-state index in [1.807, 2.05) is 42.2 Å². The number of rotatable bonds is 7. The van der Waals surface area contributed by atoms with Crippen LogP contribution in [-0.4, -0.2) is 46.9 Å². The van der Waals surface area contributed by atoms with Crippen molar-refractivity contribution in [3.63, 3.8) is 0 Å². The lowest BCUT2D eigenvalue weighted by Gasteiger charge is -2.36. The van der Waals surface area contributed by atoms with Gasteiger partial charge in [-0.3, -0.25) is 19.7 Å². The summed E-state index contributed by atoms with van der Waals surface area (Å²) in [6.45, 7) is 3.69. The lowest BCUT2D eigenvalue weighted by molar-refractivity contribution is -0.136. The molecule has 0 bridgehead atoms. The number of aliphatic hydroxyl groups is 1. The first-order valence-electron chi connectivity index (χ1n) is 14.8. The van der Waals surface area contributed by atoms with Gasteiger partial charge in [-0.2, -0.15) is 5.26 Å². The van der Waals surface area contributed by atoms with E-state index >= 15 is 0 Å². The highest BCUT2D eigenvalue weighted by Gasteiger charge is 2.40. The van der Waals surface area contributed by atoms with Crippen molar-refractivity contribution in [2.75, 3.05) is 18.0 Å². The maximum atomic E-state index is 14.5. The second-order valence-corrected chi connectivity index (χ2v) is 11.7. The molecule has 2 saturated heterocycles. The largest absolute Gasteiger partial charge is 0.489 e. The third-order valence-electron chi connectivity index (χ3n) is 9.03. The van der Waals surface area contributed by atoms with Gasteiger partial charge in [0.1, 0.15) is 24.2 Å². The Labute approximate surface area is 254 Å². The molecule has 0 spiro atoms. The zero-order valence-electron chi connectivity index (χ0n) is 24.4. The quantitative estimate of drug-likeness (QED) is 0.390. The molecule has 9 nitrogen and oxygen atoms in total. The Kier molecular flexibility index (Phi) is 8.06. The van der Waals surface area contributed by atoms with E-state index in [9.17, 15) is 23.9 Å². The minimum atomic E-state index is -0.689. The first-order chi connectivity index (χ1) is 21.2. The number of aliphatic hydroxyl groups excluding tert-OH is 1. The van der Waals surface area contributed by atoms with Crippen LogP contribution in [-0.2, 0) is 22.7 Å². The Morgan fingerprint density at radius 3 is 2.59 bits per heavy atom. The fraction of sp³-hybridized carbons (Fsp3) is 0.353. The molecule has 2 N–H and O–H groups in total. The molecule has 6 rings (SSSR count). The normalized spacial score (nSPS) is 19.4. The van der Waals surface area contributed by atoms with Gasteiger partial charge in [-0.25, -0.2) is 4.39 Å². The summed E-state index contributed by atoms with van der Waals surface area (Å²) in [5, 5.41) is 22.5. The van der Waals surface area contributed by atoms with E-state index in [4.69, 9.17) is 10.00 Å². The maximum absolute atomic E-state index is 14.5. The molecule has 0 radical (unpaired) electrons. The molecule has 3 amide bonds. The molecular weight excluding hydrogens is 563 g/mol. The van der Waals surface area contributed by atoms with Crippen LogP contribution in [0.15, 0.2) is 54.6 Å². The van der Waals surface area contributed by atoms with E-state index in [-0.39, 0.29) is 37.3 Å². The number of imide groups is 1. The van der Waals surface area contributed by atoms with E-state index in [2.05, 4.69) is 5.32 Å². The summed E-state index contributed by atoms with van der Waals surface area (Å²) in [4.78, 5) is 40.6. The lowest BCUT2D eigenvalue weighted by Crippen LogP contribution is -2.52. The number of halogens is 1. The van der Waals surface area contributed by atoms with Gasteiger partial charge < -0.3 is 19.6 Å². The SMILES string of the molecule is Cc1cc(C(O)C2CCN(c3ccc(C#N)cc3F)CC2)ccc1COc1cccc2c1CN([C@H]1CCC(=O)NC1=O)C2=O. The average molecular weight is 597 g/mol. The van der Waals surface area contributed by atoms with E-state index < -0.39 is 23.9 Å². The molecule has 3 aromatic rings. The Morgan fingerprint density at radius 1 is 1.09 bits per heavy atom. The number of hydrogen-bond donors (Lipinski definition) is 2. The molecule has 44 heavy (non-hydrogen) atoms. The van der Waals surface area contributed by atoms with E-state index in [0.717, 1.165) is 22.3 Å². The molecule has 1 unspecified atom stereocenters. The molecular formula is C34H33FN4O5. The predicted molar refractivity (Wildman–Crippen MR) is 159 cm³/mol. The molecule has 10 heteroatoms. The lowest BCUT2D eigenvalue weighted by atomic mass is 9.86. The fourth-order valence-corrected chi connectivity index (χ4v) is 6.47. The number of carbonyl (C=O) groups excluding carboxylic acids is 3. The number of ether oxygens (including phenoxy) is 1. The number of anilines is 1. The molecule has 3 aromatic carbocycles. The van der Waals surface area contributed by atoms with Crippen molar-refractivity contribution in [3.05, 3.63) is 93.8 Å². The van der Waals surface area contributed by atoms with Crippen molar-refractivity contribution in [3.8, 4) is 11.8 Å². The predicted octanol–water partition coefficient (Wildman–Crippen LogP) is 4.30. The average Bonchev–Trinajstić information content (AvgIpc) is 3.36. The minimum Gasteiger partial charge on any atom is -0.489 e. The third-order valence-corrected chi connectivity index (χ3v) is 9.03. The zero-order valence-corrected chi connectivity index (χ0v) is 24.4. The van der Waals surface area contributed by atoms with Crippen LogP contribution in [0, 0.1) is 30.0 Å². The van der Waals surface area contributed by atoms with Gasteiger partial charge in [-0.05, 0) is 79.1 Å². The van der Waals surface area contributed by atoms with Gasteiger partial charge >= 0.3 is 0 Å². The summed E-state index contributed by atoms with van der Waals surface area (Å²) < 4.78 is 20.7. The Morgan fingerprint density at radius 2 is 1.89 bits per heavy atom. The number of nitrogens with one attached hydrogen (secondary N) is 1. The number of aryl methyl sites for hydroxylation is 1. The van der Waals surface area contributed by atoms with Gasteiger partial charge in [0.05, 0.1) is 30.0 Å². The highest BCUT2D eigenvalue weighted by molar-refractivity contribution is 6.05. The molecule has 3 aliphatic rings. The summed E-state index contributed by atoms with van der Waals surface area (Å²) in [5.74, 6) is -0.827. The number of nitrogens with zero attached hydrogens (tertiary/aromatic N) is 3. The monoisotopic (exact) mass is 596 g/mol. The molecule has 0 aromatic heterocycles. The highest BCUT2D eigenvalue weighted by atomic mass is 19.1. The summed E-state index contributed by atoms with van der Waals surface area (Å²) in [5.41, 5.74) is 4.72. The van der Waals surface area contributed by atoms with E-state index in [0.29, 0.717) is 54.9 Å². The van der Waals surface area contributed by atoms with Crippen LogP contribution >= 0.6 is 0 Å². The van der Waals surface area contributed by atoms with E-state index in [1.165, 1.54) is 11.0 Å². The molecule has 0 saturated carbocycles. The van der Waals surface area contributed by atoms with Crippen LogP contribution in [0.2, 0.25) is 0 Å². The van der Waals surface area contributed by atoms with Crippen molar-refractivity contribution in [1.29, 1.82) is 5.26 Å². The van der Waals surface area contributed by atoms with E-state index in [1.54, 1.807) is 24.3 Å². The second-order valence-electron chi connectivity index (χ2n) is 11.7. The van der Waals surface area contributed by atoms with Crippen LogP contribution in [0.3, 0.4) is 0 Å². The van der Waals surface area contributed by atoms with Gasteiger partial charge in [0.25, 0.3) is 5.91 Å². The number of hydrogen-bond acceptors (Lipinski definition) is 7. The number of piperidine rings is 2. The number of fused-ring (bicyclic) bond motifs is 1. The van der Waals surface area contributed by atoms with Crippen molar-refractivity contribution >= 4 is 23.4 Å². The first-order valence-corrected chi connectivity index (χ1v) is 14.8. The zero-order chi connectivity index (χ0) is 31.0. The number of carbonyl (C=O) groups is 3. The van der Waals surface area contributed by atoms with Crippen LogP contribution in [0.1, 0.15) is 70.0 Å². The molecule has 2 fully saturated rings. The summed E-state index contributed by atoms with van der Waals surface area (Å²) in [7, 11) is 0. The number of amides is 3. The van der Waals surface area contributed by atoms with Crippen molar-refractivity contribution in [1.82, 2.24) is 10.2 Å². The van der Waals surface area contributed by atoms with Gasteiger partial charge in [-0.15, -0.1) is 0 Å². The maximum Gasteiger partial charge on any atom is 0.255 e. The van der Waals surface area contributed by atoms with Crippen molar-refractivity contribution < 1.29 is 28.6 Å². The minimum absolute atomic E-state index is 0.0333. The van der Waals surface area contributed by atoms with Gasteiger partial charge in [-0.1, -0.05) is 24.3 Å². The standard InChI is InChI=1S/C34H33FN4O5/c1-20-15-23(32(41)22-11-13-38(14-12-22)28-8-5-21(17-36)16-27(28)35)6-7-24(20)19-44-30-4-2-3-25-26(30)18-39(34(25)43)29-9-10-31(40)37-33(29)42/h2-8,15-16,22,29,32,41H,9-14,18-19H2,1H3,(H,37,40,42)/t29-,32?/m0/s1.